The van der Waals surface area contributed by atoms with Gasteiger partial charge in [-0.15, -0.1) is 0 Å². The number of amides is 1. The lowest BCUT2D eigenvalue weighted by Gasteiger charge is -2.08. The van der Waals surface area contributed by atoms with Gasteiger partial charge in [0.2, 0.25) is 5.91 Å². The van der Waals surface area contributed by atoms with Crippen LogP contribution >= 0.6 is 0 Å². The second-order valence-electron chi connectivity index (χ2n) is 4.80. The summed E-state index contributed by atoms with van der Waals surface area (Å²) in [7, 11) is 0. The van der Waals surface area contributed by atoms with Gasteiger partial charge in [0, 0.05) is 18.7 Å². The second kappa shape index (κ2) is 6.65. The lowest BCUT2D eigenvalue weighted by atomic mass is 10.1. The van der Waals surface area contributed by atoms with Gasteiger partial charge >= 0.3 is 0 Å². The van der Waals surface area contributed by atoms with Gasteiger partial charge < -0.3 is 5.32 Å². The van der Waals surface area contributed by atoms with E-state index in [4.69, 9.17) is 0 Å². The number of carbonyl (C=O) groups excluding carboxylic acids is 1. The summed E-state index contributed by atoms with van der Waals surface area (Å²) in [4.78, 5) is 22.0. The summed E-state index contributed by atoms with van der Waals surface area (Å²) in [6, 6.07) is 13.9. The first kappa shape index (κ1) is 14.7. The molecule has 5 nitrogen and oxygen atoms in total. The van der Waals surface area contributed by atoms with Crippen molar-refractivity contribution in [1.29, 1.82) is 0 Å². The van der Waals surface area contributed by atoms with Crippen LogP contribution in [-0.4, -0.2) is 10.8 Å². The highest BCUT2D eigenvalue weighted by Gasteiger charge is 2.07. The summed E-state index contributed by atoms with van der Waals surface area (Å²) in [6.07, 6.45) is 0.212. The number of nitrogens with zero attached hydrogens (tertiary/aromatic N) is 1. The van der Waals surface area contributed by atoms with E-state index in [1.165, 1.54) is 12.1 Å². The molecule has 0 spiro atoms. The minimum atomic E-state index is -0.456. The Balaban J connectivity index is 1.90. The molecule has 108 valence electrons. The van der Waals surface area contributed by atoms with Crippen LogP contribution in [0, 0.1) is 17.0 Å². The number of rotatable bonds is 5. The highest BCUT2D eigenvalue weighted by Crippen LogP contribution is 2.12. The molecule has 0 radical (unpaired) electrons. The molecular weight excluding hydrogens is 268 g/mol. The quantitative estimate of drug-likeness (QED) is 0.677. The zero-order chi connectivity index (χ0) is 15.2. The molecule has 0 aliphatic rings. The monoisotopic (exact) mass is 284 g/mol. The second-order valence-corrected chi connectivity index (χ2v) is 4.80. The molecule has 2 rings (SSSR count). The summed E-state index contributed by atoms with van der Waals surface area (Å²) in [5, 5.41) is 13.4. The smallest absolute Gasteiger partial charge is 0.269 e. The molecule has 0 atom stereocenters. The molecule has 0 aromatic heterocycles. The normalized spacial score (nSPS) is 10.1. The fourth-order valence-corrected chi connectivity index (χ4v) is 1.99. The summed E-state index contributed by atoms with van der Waals surface area (Å²) in [6.45, 7) is 2.48. The predicted octanol–water partition coefficient (Wildman–Crippen LogP) is 2.76. The maximum absolute atomic E-state index is 11.9. The van der Waals surface area contributed by atoms with Crippen LogP contribution in [0.15, 0.2) is 48.5 Å². The van der Waals surface area contributed by atoms with Crippen molar-refractivity contribution >= 4 is 11.6 Å². The van der Waals surface area contributed by atoms with Crippen LogP contribution in [-0.2, 0) is 17.8 Å². The molecule has 5 heteroatoms. The van der Waals surface area contributed by atoms with Crippen LogP contribution < -0.4 is 5.32 Å². The van der Waals surface area contributed by atoms with E-state index in [1.807, 2.05) is 31.2 Å². The highest BCUT2D eigenvalue weighted by molar-refractivity contribution is 5.78. The summed E-state index contributed by atoms with van der Waals surface area (Å²) >= 11 is 0. The third kappa shape index (κ3) is 4.14. The van der Waals surface area contributed by atoms with Crippen molar-refractivity contribution in [3.63, 3.8) is 0 Å². The van der Waals surface area contributed by atoms with Gasteiger partial charge in [0.15, 0.2) is 0 Å². The van der Waals surface area contributed by atoms with E-state index in [0.717, 1.165) is 16.7 Å². The Kier molecular flexibility index (Phi) is 4.66. The largest absolute Gasteiger partial charge is 0.352 e. The van der Waals surface area contributed by atoms with Gasteiger partial charge in [-0.3, -0.25) is 14.9 Å². The molecule has 2 aromatic rings. The SMILES string of the molecule is Cc1ccccc1CNC(=O)Cc1ccc([N+](=O)[O-])cc1. The van der Waals surface area contributed by atoms with Gasteiger partial charge in [0.1, 0.15) is 0 Å². The third-order valence-electron chi connectivity index (χ3n) is 3.25. The fourth-order valence-electron chi connectivity index (χ4n) is 1.99. The maximum Gasteiger partial charge on any atom is 0.269 e. The minimum absolute atomic E-state index is 0.0269. The lowest BCUT2D eigenvalue weighted by Crippen LogP contribution is -2.24. The Bertz CT molecular complexity index is 651. The van der Waals surface area contributed by atoms with E-state index >= 15 is 0 Å². The van der Waals surface area contributed by atoms with Gasteiger partial charge in [-0.25, -0.2) is 0 Å². The van der Waals surface area contributed by atoms with E-state index in [0.29, 0.717) is 6.54 Å². The van der Waals surface area contributed by atoms with Gasteiger partial charge in [-0.2, -0.15) is 0 Å². The molecule has 0 heterocycles. The topological polar surface area (TPSA) is 72.2 Å². The van der Waals surface area contributed by atoms with Crippen LogP contribution in [0.1, 0.15) is 16.7 Å². The van der Waals surface area contributed by atoms with Gasteiger partial charge in [0.25, 0.3) is 5.69 Å². The van der Waals surface area contributed by atoms with Crippen molar-refractivity contribution in [3.8, 4) is 0 Å². The van der Waals surface area contributed by atoms with Crippen LogP contribution in [0.2, 0.25) is 0 Å². The number of nitro groups is 1. The highest BCUT2D eigenvalue weighted by atomic mass is 16.6. The first-order valence-electron chi connectivity index (χ1n) is 6.61. The number of nitrogens with one attached hydrogen (secondary N) is 1. The summed E-state index contributed by atoms with van der Waals surface area (Å²) in [5.74, 6) is -0.105. The number of nitro benzene ring substituents is 1. The molecule has 0 aliphatic carbocycles. The van der Waals surface area contributed by atoms with Crippen LogP contribution in [0.5, 0.6) is 0 Å². The number of hydrogen-bond acceptors (Lipinski definition) is 3. The van der Waals surface area contributed by atoms with Crippen LogP contribution in [0.3, 0.4) is 0 Å². The Morgan fingerprint density at radius 2 is 1.81 bits per heavy atom. The standard InChI is InChI=1S/C16H16N2O3/c1-12-4-2-3-5-14(12)11-17-16(19)10-13-6-8-15(9-7-13)18(20)21/h2-9H,10-11H2,1H3,(H,17,19). The molecule has 2 aromatic carbocycles. The number of non-ortho nitro benzene ring substituents is 1. The van der Waals surface area contributed by atoms with E-state index in [-0.39, 0.29) is 18.0 Å². The van der Waals surface area contributed by atoms with E-state index < -0.39 is 4.92 Å². The Morgan fingerprint density at radius 3 is 2.43 bits per heavy atom. The maximum atomic E-state index is 11.9. The van der Waals surface area contributed by atoms with Crippen molar-refractivity contribution in [3.05, 3.63) is 75.3 Å². The average Bonchev–Trinajstić information content (AvgIpc) is 2.47. The Hall–Kier alpha value is -2.69. The summed E-state index contributed by atoms with van der Waals surface area (Å²) in [5.41, 5.74) is 2.99. The number of hydrogen-bond donors (Lipinski definition) is 1. The average molecular weight is 284 g/mol. The van der Waals surface area contributed by atoms with Crippen molar-refractivity contribution in [2.75, 3.05) is 0 Å². The zero-order valence-electron chi connectivity index (χ0n) is 11.7. The van der Waals surface area contributed by atoms with Gasteiger partial charge in [-0.05, 0) is 23.6 Å². The first-order valence-corrected chi connectivity index (χ1v) is 6.61. The third-order valence-corrected chi connectivity index (χ3v) is 3.25. The zero-order valence-corrected chi connectivity index (χ0v) is 11.7. The van der Waals surface area contributed by atoms with Crippen LogP contribution in [0.25, 0.3) is 0 Å². The van der Waals surface area contributed by atoms with Crippen LogP contribution in [0.4, 0.5) is 5.69 Å². The molecule has 0 unspecified atom stereocenters. The number of carbonyl (C=O) groups is 1. The molecule has 21 heavy (non-hydrogen) atoms. The van der Waals surface area contributed by atoms with Crippen molar-refractivity contribution in [2.45, 2.75) is 19.9 Å². The molecular formula is C16H16N2O3. The molecule has 0 saturated heterocycles. The number of aryl methyl sites for hydroxylation is 1. The molecule has 0 fully saturated rings. The molecule has 0 aliphatic heterocycles. The predicted molar refractivity (Wildman–Crippen MR) is 79.8 cm³/mol. The van der Waals surface area contributed by atoms with E-state index in [1.54, 1.807) is 12.1 Å². The number of benzene rings is 2. The van der Waals surface area contributed by atoms with Crippen molar-refractivity contribution in [2.24, 2.45) is 0 Å². The Labute approximate surface area is 122 Å². The molecule has 0 bridgehead atoms. The lowest BCUT2D eigenvalue weighted by molar-refractivity contribution is -0.384. The van der Waals surface area contributed by atoms with Gasteiger partial charge in [-0.1, -0.05) is 36.4 Å². The minimum Gasteiger partial charge on any atom is -0.352 e. The molecule has 1 N–H and O–H groups in total. The molecule has 1 amide bonds. The van der Waals surface area contributed by atoms with Gasteiger partial charge in [0.05, 0.1) is 11.3 Å². The van der Waals surface area contributed by atoms with E-state index in [9.17, 15) is 14.9 Å². The Morgan fingerprint density at radius 1 is 1.14 bits per heavy atom. The molecule has 0 saturated carbocycles. The van der Waals surface area contributed by atoms with Crippen molar-refractivity contribution < 1.29 is 9.72 Å². The van der Waals surface area contributed by atoms with E-state index in [2.05, 4.69) is 5.32 Å². The summed E-state index contributed by atoms with van der Waals surface area (Å²) < 4.78 is 0. The first-order chi connectivity index (χ1) is 10.1. The fraction of sp³-hybridized carbons (Fsp3) is 0.188. The van der Waals surface area contributed by atoms with Crippen molar-refractivity contribution in [1.82, 2.24) is 5.32 Å².